The van der Waals surface area contributed by atoms with Gasteiger partial charge in [-0.05, 0) is 43.1 Å². The molecule has 0 aliphatic carbocycles. The van der Waals surface area contributed by atoms with E-state index in [0.717, 1.165) is 5.56 Å². The monoisotopic (exact) mass is 461 g/mol. The van der Waals surface area contributed by atoms with Gasteiger partial charge in [0.25, 0.3) is 0 Å². The van der Waals surface area contributed by atoms with E-state index in [2.05, 4.69) is 4.72 Å². The zero-order valence-corrected chi connectivity index (χ0v) is 21.7. The Morgan fingerprint density at radius 3 is 2.06 bits per heavy atom. The van der Waals surface area contributed by atoms with Crippen molar-refractivity contribution in [2.45, 2.75) is 82.6 Å². The van der Waals surface area contributed by atoms with Crippen molar-refractivity contribution in [2.24, 2.45) is 5.92 Å². The minimum Gasteiger partial charge on any atom is -0.388 e. The van der Waals surface area contributed by atoms with Gasteiger partial charge in [0, 0.05) is 12.5 Å². The lowest BCUT2D eigenvalue weighted by atomic mass is 10.0. The largest absolute Gasteiger partial charge is 0.388 e. The maximum Gasteiger partial charge on any atom is 0.241 e. The van der Waals surface area contributed by atoms with E-state index in [1.807, 2.05) is 66.8 Å². The highest BCUT2D eigenvalue weighted by Crippen LogP contribution is 2.39. The summed E-state index contributed by atoms with van der Waals surface area (Å²) in [5, 5.41) is 19.3. The molecule has 0 aliphatic rings. The van der Waals surface area contributed by atoms with Gasteiger partial charge in [-0.1, -0.05) is 64.5 Å². The topological polar surface area (TPSA) is 103 Å². The van der Waals surface area contributed by atoms with Crippen molar-refractivity contribution >= 4 is 18.3 Å². The van der Waals surface area contributed by atoms with E-state index in [1.54, 1.807) is 36.4 Å². The molecule has 0 spiro atoms. The lowest BCUT2D eigenvalue weighted by Crippen LogP contribution is -2.48. The summed E-state index contributed by atoms with van der Waals surface area (Å²) in [4.78, 5) is 0.196. The molecular weight excluding hydrogens is 426 g/mol. The highest BCUT2D eigenvalue weighted by atomic mass is 32.2. The molecule has 8 heteroatoms. The van der Waals surface area contributed by atoms with Gasteiger partial charge in [-0.2, -0.15) is 10.5 Å². The number of benzene rings is 1. The van der Waals surface area contributed by atoms with Gasteiger partial charge in [0.1, 0.15) is 12.1 Å². The number of hydrogen-bond donors (Lipinski definition) is 1. The highest BCUT2D eigenvalue weighted by molar-refractivity contribution is 7.89. The number of nitrogens with zero attached hydrogens (tertiary/aromatic N) is 2. The lowest BCUT2D eigenvalue weighted by molar-refractivity contribution is 0.168. The molecule has 170 valence electrons. The van der Waals surface area contributed by atoms with Gasteiger partial charge in [0.05, 0.1) is 4.90 Å². The molecule has 1 atom stereocenters. The molecule has 0 aliphatic heterocycles. The fourth-order valence-electron chi connectivity index (χ4n) is 2.54. The summed E-state index contributed by atoms with van der Waals surface area (Å²) in [7, 11) is -6.06. The summed E-state index contributed by atoms with van der Waals surface area (Å²) in [6, 6.07) is 10.2. The first-order valence-corrected chi connectivity index (χ1v) is 14.8. The van der Waals surface area contributed by atoms with E-state index >= 15 is 0 Å². The van der Waals surface area contributed by atoms with Crippen LogP contribution in [0.2, 0.25) is 18.1 Å². The maximum absolute atomic E-state index is 12.8. The van der Waals surface area contributed by atoms with E-state index in [-0.39, 0.29) is 22.3 Å². The van der Waals surface area contributed by atoms with Gasteiger partial charge in [0.2, 0.25) is 15.6 Å². The molecule has 0 unspecified atom stereocenters. The first kappa shape index (κ1) is 27.1. The van der Waals surface area contributed by atoms with Gasteiger partial charge in [-0.15, -0.1) is 0 Å². The number of sulfonamides is 1. The summed E-state index contributed by atoms with van der Waals surface area (Å²) in [6.45, 7) is 15.8. The quantitative estimate of drug-likeness (QED) is 0.409. The minimum absolute atomic E-state index is 0.0312. The summed E-state index contributed by atoms with van der Waals surface area (Å²) in [5.74, 6) is -0.0312. The van der Waals surface area contributed by atoms with Gasteiger partial charge in [-0.25, -0.2) is 13.1 Å². The van der Waals surface area contributed by atoms with E-state index in [0.29, 0.717) is 0 Å². The van der Waals surface area contributed by atoms with Gasteiger partial charge >= 0.3 is 0 Å². The Kier molecular flexibility index (Phi) is 8.81. The predicted molar refractivity (Wildman–Crippen MR) is 126 cm³/mol. The standard InChI is InChI=1S/C23H35N3O3SSi/c1-18(2)21(26-30(27,28)20-13-11-19(3)12-14-20)10-9-15-23(16-24,17-25)29-31(7,8)22(4,5)6/h9-14,18,21,26H,15H2,1-8H3/b10-9+/t21-/m1/s1. The van der Waals surface area contributed by atoms with Crippen LogP contribution in [-0.4, -0.2) is 28.4 Å². The fraction of sp³-hybridized carbons (Fsp3) is 0.565. The second-order valence-electron chi connectivity index (χ2n) is 9.75. The fourth-order valence-corrected chi connectivity index (χ4v) is 5.23. The van der Waals surface area contributed by atoms with Crippen molar-refractivity contribution in [2.75, 3.05) is 0 Å². The first-order valence-electron chi connectivity index (χ1n) is 10.4. The molecule has 6 nitrogen and oxygen atoms in total. The highest BCUT2D eigenvalue weighted by Gasteiger charge is 2.45. The van der Waals surface area contributed by atoms with Gasteiger partial charge in [-0.3, -0.25) is 0 Å². The molecule has 1 aromatic carbocycles. The molecule has 31 heavy (non-hydrogen) atoms. The van der Waals surface area contributed by atoms with Crippen molar-refractivity contribution in [3.63, 3.8) is 0 Å². The third-order valence-electron chi connectivity index (χ3n) is 5.69. The van der Waals surface area contributed by atoms with Crippen molar-refractivity contribution in [1.82, 2.24) is 4.72 Å². The zero-order valence-electron chi connectivity index (χ0n) is 19.9. The van der Waals surface area contributed by atoms with Crippen LogP contribution in [-0.2, 0) is 14.4 Å². The van der Waals surface area contributed by atoms with Gasteiger partial charge in [0.15, 0.2) is 8.32 Å². The van der Waals surface area contributed by atoms with E-state index in [4.69, 9.17) is 4.43 Å². The second kappa shape index (κ2) is 10.1. The summed E-state index contributed by atoms with van der Waals surface area (Å²) in [6.07, 6.45) is 3.43. The van der Waals surface area contributed by atoms with Crippen LogP contribution >= 0.6 is 0 Å². The molecule has 1 aromatic rings. The van der Waals surface area contributed by atoms with Crippen LogP contribution in [0, 0.1) is 35.5 Å². The Morgan fingerprint density at radius 1 is 1.13 bits per heavy atom. The van der Waals surface area contributed by atoms with Crippen LogP contribution < -0.4 is 4.72 Å². The third-order valence-corrected chi connectivity index (χ3v) is 11.6. The Hall–Kier alpha value is -1.97. The molecule has 0 amide bonds. The van der Waals surface area contributed by atoms with E-state index in [1.165, 1.54) is 0 Å². The molecule has 0 bridgehead atoms. The number of nitrogens with one attached hydrogen (secondary N) is 1. The number of hydrogen-bond acceptors (Lipinski definition) is 5. The molecule has 0 fully saturated rings. The van der Waals surface area contributed by atoms with Crippen LogP contribution in [0.3, 0.4) is 0 Å². The summed E-state index contributed by atoms with van der Waals surface area (Å²) >= 11 is 0. The molecular formula is C23H35N3O3SSi. The maximum atomic E-state index is 12.8. The second-order valence-corrected chi connectivity index (χ2v) is 16.2. The molecule has 0 saturated carbocycles. The Bertz CT molecular complexity index is 949. The van der Waals surface area contributed by atoms with Crippen molar-refractivity contribution in [3.05, 3.63) is 42.0 Å². The molecule has 0 aromatic heterocycles. The normalized spacial score (nSPS) is 14.4. The smallest absolute Gasteiger partial charge is 0.241 e. The first-order chi connectivity index (χ1) is 14.1. The van der Waals surface area contributed by atoms with Crippen LogP contribution in [0.25, 0.3) is 0 Å². The molecule has 1 N–H and O–H groups in total. The number of aryl methyl sites for hydroxylation is 1. The van der Waals surface area contributed by atoms with Crippen LogP contribution in [0.1, 0.15) is 46.6 Å². The summed E-state index contributed by atoms with van der Waals surface area (Å²) in [5.41, 5.74) is -0.623. The Labute approximate surface area is 189 Å². The van der Waals surface area contributed by atoms with Crippen LogP contribution in [0.15, 0.2) is 41.3 Å². The van der Waals surface area contributed by atoms with Crippen molar-refractivity contribution in [3.8, 4) is 12.1 Å². The summed E-state index contributed by atoms with van der Waals surface area (Å²) < 4.78 is 34.4. The molecule has 0 radical (unpaired) electrons. The van der Waals surface area contributed by atoms with Crippen LogP contribution in [0.5, 0.6) is 0 Å². The average Bonchev–Trinajstić information content (AvgIpc) is 2.65. The third kappa shape index (κ3) is 7.29. The predicted octanol–water partition coefficient (Wildman–Crippen LogP) is 5.05. The zero-order chi connectivity index (χ0) is 24.1. The average molecular weight is 462 g/mol. The molecule has 1 rings (SSSR count). The van der Waals surface area contributed by atoms with E-state index < -0.39 is 30.0 Å². The van der Waals surface area contributed by atoms with Crippen molar-refractivity contribution < 1.29 is 12.8 Å². The Morgan fingerprint density at radius 2 is 1.65 bits per heavy atom. The Balaban J connectivity index is 3.07. The van der Waals surface area contributed by atoms with Gasteiger partial charge < -0.3 is 4.43 Å². The molecule has 0 heterocycles. The van der Waals surface area contributed by atoms with Crippen molar-refractivity contribution in [1.29, 1.82) is 10.5 Å². The minimum atomic E-state index is -3.70. The lowest BCUT2D eigenvalue weighted by Gasteiger charge is -2.39. The number of nitriles is 2. The van der Waals surface area contributed by atoms with Crippen LogP contribution in [0.4, 0.5) is 0 Å². The molecule has 0 saturated heterocycles. The van der Waals surface area contributed by atoms with E-state index in [9.17, 15) is 18.9 Å². The SMILES string of the molecule is Cc1ccc(S(=O)(=O)N[C@H](/C=C/CC(C#N)(C#N)O[Si](C)(C)C(C)(C)C)C(C)C)cc1. The number of rotatable bonds is 9.